The van der Waals surface area contributed by atoms with Gasteiger partial charge in [0.05, 0.1) is 18.6 Å². The van der Waals surface area contributed by atoms with Crippen molar-refractivity contribution < 1.29 is 23.8 Å². The van der Waals surface area contributed by atoms with Crippen molar-refractivity contribution >= 4 is 40.5 Å². The number of aliphatic imine (C=N–C) groups is 1. The highest BCUT2D eigenvalue weighted by atomic mass is 32.2. The molecular formula is C29H27N3O5S. The van der Waals surface area contributed by atoms with Crippen LogP contribution in [0.3, 0.4) is 0 Å². The van der Waals surface area contributed by atoms with Crippen LogP contribution in [0, 0.1) is 13.8 Å². The smallest absolute Gasteiger partial charge is 0.283 e. The van der Waals surface area contributed by atoms with Gasteiger partial charge in [0.1, 0.15) is 11.4 Å². The number of thioether (sulfide) groups is 1. The van der Waals surface area contributed by atoms with Crippen molar-refractivity contribution in [2.24, 2.45) is 4.99 Å². The lowest BCUT2D eigenvalue weighted by molar-refractivity contribution is -0.118. The van der Waals surface area contributed by atoms with Gasteiger partial charge in [-0.2, -0.15) is 0 Å². The normalized spacial score (nSPS) is 15.1. The summed E-state index contributed by atoms with van der Waals surface area (Å²) in [6.07, 6.45) is 1.74. The fourth-order valence-corrected chi connectivity index (χ4v) is 5.03. The lowest BCUT2D eigenvalue weighted by atomic mass is 10.1. The molecule has 0 bridgehead atoms. The van der Waals surface area contributed by atoms with Crippen LogP contribution in [0.2, 0.25) is 0 Å². The molecule has 0 unspecified atom stereocenters. The van der Waals surface area contributed by atoms with Gasteiger partial charge >= 0.3 is 0 Å². The molecule has 2 heterocycles. The van der Waals surface area contributed by atoms with Crippen LogP contribution in [-0.2, 0) is 16.1 Å². The van der Waals surface area contributed by atoms with Crippen LogP contribution in [0.25, 0.3) is 6.08 Å². The van der Waals surface area contributed by atoms with E-state index in [1.165, 1.54) is 11.8 Å². The molecule has 2 aliphatic heterocycles. The molecule has 0 radical (unpaired) electrons. The first kappa shape index (κ1) is 25.4. The molecule has 0 aliphatic carbocycles. The molecule has 3 aromatic rings. The molecule has 2 amide bonds. The number of fused-ring (bicyclic) bond motifs is 1. The van der Waals surface area contributed by atoms with E-state index < -0.39 is 0 Å². The molecule has 0 aromatic heterocycles. The monoisotopic (exact) mass is 529 g/mol. The minimum absolute atomic E-state index is 0.105. The summed E-state index contributed by atoms with van der Waals surface area (Å²) in [5.74, 6) is 1.79. The Bertz CT molecular complexity index is 1430. The Hall–Kier alpha value is -4.24. The Morgan fingerprint density at radius 2 is 1.79 bits per heavy atom. The summed E-state index contributed by atoms with van der Waals surface area (Å²) in [5, 5.41) is 3.38. The van der Waals surface area contributed by atoms with E-state index in [1.54, 1.807) is 18.1 Å². The summed E-state index contributed by atoms with van der Waals surface area (Å²) < 4.78 is 16.0. The molecule has 8 nitrogen and oxygen atoms in total. The van der Waals surface area contributed by atoms with Crippen LogP contribution < -0.4 is 24.4 Å². The maximum absolute atomic E-state index is 13.5. The predicted molar refractivity (Wildman–Crippen MR) is 149 cm³/mol. The van der Waals surface area contributed by atoms with Crippen LogP contribution in [0.5, 0.6) is 17.2 Å². The van der Waals surface area contributed by atoms with Gasteiger partial charge in [0.2, 0.25) is 12.7 Å². The number of hydrogen-bond acceptors (Lipinski definition) is 7. The van der Waals surface area contributed by atoms with Gasteiger partial charge in [-0.25, -0.2) is 4.99 Å². The first-order valence-corrected chi connectivity index (χ1v) is 13.0. The van der Waals surface area contributed by atoms with Gasteiger partial charge in [0, 0.05) is 6.54 Å². The zero-order valence-electron chi connectivity index (χ0n) is 21.3. The van der Waals surface area contributed by atoms with E-state index in [0.29, 0.717) is 28.9 Å². The van der Waals surface area contributed by atoms with E-state index in [0.717, 1.165) is 33.7 Å². The van der Waals surface area contributed by atoms with Crippen LogP contribution in [-0.4, -0.2) is 36.6 Å². The number of rotatable bonds is 7. The highest BCUT2D eigenvalue weighted by Crippen LogP contribution is 2.33. The van der Waals surface area contributed by atoms with Crippen molar-refractivity contribution in [1.29, 1.82) is 0 Å². The van der Waals surface area contributed by atoms with Crippen LogP contribution >= 0.6 is 11.8 Å². The summed E-state index contributed by atoms with van der Waals surface area (Å²) in [6, 6.07) is 18.9. The third kappa shape index (κ3) is 5.68. The Morgan fingerprint density at radius 1 is 1.05 bits per heavy atom. The number of hydrogen-bond donors (Lipinski definition) is 1. The molecule has 194 valence electrons. The molecule has 0 fully saturated rings. The summed E-state index contributed by atoms with van der Waals surface area (Å²) in [6.45, 7) is 4.52. The van der Waals surface area contributed by atoms with Gasteiger partial charge in [-0.3, -0.25) is 14.5 Å². The molecule has 0 saturated heterocycles. The average Bonchev–Trinajstić information content (AvgIpc) is 3.49. The molecule has 0 spiro atoms. The number of nitrogens with one attached hydrogen (secondary N) is 1. The van der Waals surface area contributed by atoms with Gasteiger partial charge in [-0.15, -0.1) is 0 Å². The first-order valence-electron chi connectivity index (χ1n) is 12.0. The molecular weight excluding hydrogens is 502 g/mol. The van der Waals surface area contributed by atoms with Crippen molar-refractivity contribution in [3.63, 3.8) is 0 Å². The number of aryl methyl sites for hydroxylation is 2. The molecule has 5 rings (SSSR count). The number of amides is 2. The Kier molecular flexibility index (Phi) is 7.37. The second-order valence-electron chi connectivity index (χ2n) is 8.94. The summed E-state index contributed by atoms with van der Waals surface area (Å²) in [4.78, 5) is 32.4. The molecule has 0 atom stereocenters. The molecule has 1 N–H and O–H groups in total. The quantitative estimate of drug-likeness (QED) is 0.441. The first-order chi connectivity index (χ1) is 18.4. The van der Waals surface area contributed by atoms with Gasteiger partial charge in [0.25, 0.3) is 5.91 Å². The van der Waals surface area contributed by atoms with E-state index in [9.17, 15) is 9.59 Å². The lowest BCUT2D eigenvalue weighted by Crippen LogP contribution is -2.32. The molecule has 3 aromatic carbocycles. The third-order valence-corrected chi connectivity index (χ3v) is 6.91. The van der Waals surface area contributed by atoms with Crippen molar-refractivity contribution in [2.75, 3.05) is 24.6 Å². The number of methoxy groups -OCH3 is 1. The van der Waals surface area contributed by atoms with Gasteiger partial charge in [-0.05, 0) is 78.6 Å². The Morgan fingerprint density at radius 3 is 2.53 bits per heavy atom. The summed E-state index contributed by atoms with van der Waals surface area (Å²) in [7, 11) is 1.61. The van der Waals surface area contributed by atoms with Crippen LogP contribution in [0.1, 0.15) is 22.3 Å². The largest absolute Gasteiger partial charge is 0.497 e. The van der Waals surface area contributed by atoms with E-state index in [1.807, 2.05) is 74.5 Å². The van der Waals surface area contributed by atoms with Crippen molar-refractivity contribution in [1.82, 2.24) is 5.32 Å². The van der Waals surface area contributed by atoms with Gasteiger partial charge < -0.3 is 19.5 Å². The van der Waals surface area contributed by atoms with Crippen LogP contribution in [0.4, 0.5) is 5.69 Å². The number of anilines is 1. The van der Waals surface area contributed by atoms with E-state index in [-0.39, 0.29) is 24.4 Å². The van der Waals surface area contributed by atoms with Crippen molar-refractivity contribution in [3.8, 4) is 17.2 Å². The molecule has 9 heteroatoms. The van der Waals surface area contributed by atoms with Crippen molar-refractivity contribution in [3.05, 3.63) is 88.6 Å². The number of amidine groups is 1. The fraction of sp³-hybridized carbons (Fsp3) is 0.207. The third-order valence-electron chi connectivity index (χ3n) is 5.97. The molecule has 38 heavy (non-hydrogen) atoms. The minimum atomic E-state index is -0.242. The minimum Gasteiger partial charge on any atom is -0.497 e. The zero-order chi connectivity index (χ0) is 26.6. The SMILES string of the molecule is COc1ccc(C=C2N=C(SCC(=O)NCc3ccc4c(c3)OCO4)N(c3cc(C)cc(C)c3)C2=O)cc1. The maximum atomic E-state index is 13.5. The predicted octanol–water partition coefficient (Wildman–Crippen LogP) is 4.83. The number of benzene rings is 3. The second-order valence-corrected chi connectivity index (χ2v) is 9.88. The maximum Gasteiger partial charge on any atom is 0.283 e. The second kappa shape index (κ2) is 11.0. The van der Waals surface area contributed by atoms with E-state index >= 15 is 0 Å². The van der Waals surface area contributed by atoms with E-state index in [4.69, 9.17) is 14.2 Å². The van der Waals surface area contributed by atoms with E-state index in [2.05, 4.69) is 10.3 Å². The van der Waals surface area contributed by atoms with Crippen molar-refractivity contribution in [2.45, 2.75) is 20.4 Å². The topological polar surface area (TPSA) is 89.5 Å². The van der Waals surface area contributed by atoms with Crippen LogP contribution in [0.15, 0.2) is 71.4 Å². The molecule has 0 saturated carbocycles. The zero-order valence-corrected chi connectivity index (χ0v) is 22.1. The Labute approximate surface area is 225 Å². The number of nitrogens with zero attached hydrogens (tertiary/aromatic N) is 2. The highest BCUT2D eigenvalue weighted by molar-refractivity contribution is 8.14. The number of ether oxygens (including phenoxy) is 3. The van der Waals surface area contributed by atoms with Gasteiger partial charge in [0.15, 0.2) is 16.7 Å². The Balaban J connectivity index is 1.32. The number of carbonyl (C=O) groups is 2. The number of carbonyl (C=O) groups excluding carboxylic acids is 2. The summed E-state index contributed by atoms with van der Waals surface area (Å²) in [5.41, 5.74) is 4.82. The summed E-state index contributed by atoms with van der Waals surface area (Å²) >= 11 is 1.22. The fourth-order valence-electron chi connectivity index (χ4n) is 4.19. The average molecular weight is 530 g/mol. The van der Waals surface area contributed by atoms with Gasteiger partial charge in [-0.1, -0.05) is 36.0 Å². The lowest BCUT2D eigenvalue weighted by Gasteiger charge is -2.19. The highest BCUT2D eigenvalue weighted by Gasteiger charge is 2.32. The standard InChI is InChI=1S/C29H27N3O5S/c1-18-10-19(2)12-22(11-18)32-28(34)24(13-20-4-7-23(35-3)8-5-20)31-29(32)38-16-27(33)30-15-21-6-9-25-26(14-21)37-17-36-25/h4-14H,15-17H2,1-3H3,(H,30,33). The molecule has 2 aliphatic rings.